The number of hydrogen-bond acceptors (Lipinski definition) is 2. The predicted molar refractivity (Wildman–Crippen MR) is 71.8 cm³/mol. The maximum absolute atomic E-state index is 11.7. The number of carboxylic acids is 1. The first-order valence-electron chi connectivity index (χ1n) is 6.87. The Labute approximate surface area is 117 Å². The van der Waals surface area contributed by atoms with Crippen LogP contribution in [0.2, 0.25) is 0 Å². The lowest BCUT2D eigenvalue weighted by molar-refractivity contribution is -0.494. The van der Waals surface area contributed by atoms with E-state index in [1.165, 1.54) is 11.1 Å². The Bertz CT molecular complexity index is 677. The van der Waals surface area contributed by atoms with Crippen LogP contribution in [0.4, 0.5) is 0 Å². The molecule has 1 atom stereocenters. The molecule has 3 heteroatoms. The lowest BCUT2D eigenvalue weighted by atomic mass is 9.56. The summed E-state index contributed by atoms with van der Waals surface area (Å²) < 4.78 is 0. The van der Waals surface area contributed by atoms with Gasteiger partial charge in [-0.1, -0.05) is 48.5 Å². The summed E-state index contributed by atoms with van der Waals surface area (Å²) >= 11 is 0. The first-order valence-corrected chi connectivity index (χ1v) is 6.87. The molecule has 1 unspecified atom stereocenters. The minimum absolute atomic E-state index is 0.114. The highest BCUT2D eigenvalue weighted by atomic mass is 16.4. The van der Waals surface area contributed by atoms with E-state index in [4.69, 9.17) is 0 Å². The smallest absolute Gasteiger partial charge is 0.146 e. The molecule has 0 radical (unpaired) electrons. The van der Waals surface area contributed by atoms with Gasteiger partial charge in [-0.3, -0.25) is 0 Å². The molecule has 2 aromatic carbocycles. The normalized spacial score (nSPS) is 29.6. The third-order valence-electron chi connectivity index (χ3n) is 4.89. The minimum atomic E-state index is -1.06. The van der Waals surface area contributed by atoms with Gasteiger partial charge in [0.15, 0.2) is 0 Å². The highest BCUT2D eigenvalue weighted by molar-refractivity contribution is 5.80. The van der Waals surface area contributed by atoms with E-state index >= 15 is 0 Å². The zero-order valence-electron chi connectivity index (χ0n) is 11.0. The van der Waals surface area contributed by atoms with E-state index in [0.717, 1.165) is 11.1 Å². The fourth-order valence-corrected chi connectivity index (χ4v) is 4.02. The first kappa shape index (κ1) is 11.7. The van der Waals surface area contributed by atoms with Gasteiger partial charge in [0, 0.05) is 12.3 Å². The maximum atomic E-state index is 11.7. The number of benzene rings is 2. The molecule has 3 N–H and O–H groups in total. The number of aliphatic carboxylic acids is 1. The molecule has 20 heavy (non-hydrogen) atoms. The minimum Gasteiger partial charge on any atom is -0.544 e. The number of carbonyl (C=O) groups excluding carboxylic acids is 1. The molecule has 0 aliphatic heterocycles. The summed E-state index contributed by atoms with van der Waals surface area (Å²) in [6.07, 6.45) is 0.522. The number of quaternary nitrogens is 1. The lowest BCUT2D eigenvalue weighted by Crippen LogP contribution is -2.83. The molecule has 0 aromatic heterocycles. The van der Waals surface area contributed by atoms with Gasteiger partial charge in [0.05, 0.1) is 5.92 Å². The summed E-state index contributed by atoms with van der Waals surface area (Å²) in [5, 5.41) is 11.7. The van der Waals surface area contributed by atoms with Crippen LogP contribution in [0.3, 0.4) is 0 Å². The molecule has 0 heterocycles. The highest BCUT2D eigenvalue weighted by Gasteiger charge is 2.54. The van der Waals surface area contributed by atoms with Crippen molar-refractivity contribution in [2.24, 2.45) is 0 Å². The molecular weight excluding hydrogens is 250 g/mol. The van der Waals surface area contributed by atoms with Crippen molar-refractivity contribution in [2.75, 3.05) is 0 Å². The molecular formula is C17H15NO2. The zero-order chi connectivity index (χ0) is 13.9. The molecule has 0 amide bonds. The molecule has 0 saturated heterocycles. The highest BCUT2D eigenvalue weighted by Crippen LogP contribution is 2.55. The fourth-order valence-electron chi connectivity index (χ4n) is 4.02. The molecule has 3 aliphatic carbocycles. The van der Waals surface area contributed by atoms with Crippen LogP contribution in [0.15, 0.2) is 48.5 Å². The summed E-state index contributed by atoms with van der Waals surface area (Å²) in [6.45, 7) is 0. The van der Waals surface area contributed by atoms with Crippen LogP contribution < -0.4 is 10.8 Å². The number of rotatable bonds is 1. The summed E-state index contributed by atoms with van der Waals surface area (Å²) in [4.78, 5) is 11.7. The summed E-state index contributed by atoms with van der Waals surface area (Å²) in [5.41, 5.74) is 7.68. The Kier molecular flexibility index (Phi) is 2.16. The lowest BCUT2D eigenvalue weighted by Gasteiger charge is -2.49. The van der Waals surface area contributed by atoms with Gasteiger partial charge in [-0.25, -0.2) is 0 Å². The topological polar surface area (TPSA) is 67.8 Å². The SMILES string of the molecule is [NH3+]C1(C(=O)[O-])CC2c3ccccc3C1c1ccccc12. The van der Waals surface area contributed by atoms with Crippen LogP contribution in [0.25, 0.3) is 0 Å². The molecule has 0 saturated carbocycles. The van der Waals surface area contributed by atoms with Crippen LogP contribution in [0.5, 0.6) is 0 Å². The Morgan fingerprint density at radius 3 is 1.90 bits per heavy atom. The van der Waals surface area contributed by atoms with Gasteiger partial charge >= 0.3 is 0 Å². The largest absolute Gasteiger partial charge is 0.544 e. The van der Waals surface area contributed by atoms with Crippen LogP contribution in [-0.4, -0.2) is 11.5 Å². The second-order valence-corrected chi connectivity index (χ2v) is 5.89. The first-order chi connectivity index (χ1) is 9.63. The van der Waals surface area contributed by atoms with Crippen LogP contribution >= 0.6 is 0 Å². The van der Waals surface area contributed by atoms with Gasteiger partial charge in [-0.05, 0) is 22.3 Å². The van der Waals surface area contributed by atoms with E-state index in [0.29, 0.717) is 6.42 Å². The van der Waals surface area contributed by atoms with Crippen molar-refractivity contribution in [3.05, 3.63) is 70.8 Å². The van der Waals surface area contributed by atoms with Gasteiger partial charge < -0.3 is 15.6 Å². The van der Waals surface area contributed by atoms with Crippen LogP contribution in [0.1, 0.15) is 40.5 Å². The van der Waals surface area contributed by atoms with Gasteiger partial charge in [0.1, 0.15) is 11.5 Å². The van der Waals surface area contributed by atoms with E-state index in [2.05, 4.69) is 17.9 Å². The van der Waals surface area contributed by atoms with E-state index in [9.17, 15) is 9.90 Å². The van der Waals surface area contributed by atoms with Gasteiger partial charge in [0.2, 0.25) is 0 Å². The maximum Gasteiger partial charge on any atom is 0.146 e. The van der Waals surface area contributed by atoms with E-state index in [-0.39, 0.29) is 11.8 Å². The van der Waals surface area contributed by atoms with Crippen molar-refractivity contribution in [2.45, 2.75) is 23.8 Å². The molecule has 100 valence electrons. The van der Waals surface area contributed by atoms with Crippen molar-refractivity contribution in [3.63, 3.8) is 0 Å². The number of carboxylic acid groups (broad SMARTS) is 1. The zero-order valence-corrected chi connectivity index (χ0v) is 11.0. The number of fused-ring (bicyclic) bond motifs is 1. The van der Waals surface area contributed by atoms with Crippen molar-refractivity contribution in [1.29, 1.82) is 0 Å². The summed E-state index contributed by atoms with van der Waals surface area (Å²) in [7, 11) is 0. The third kappa shape index (κ3) is 1.26. The van der Waals surface area contributed by atoms with E-state index in [1.807, 2.05) is 36.4 Å². The van der Waals surface area contributed by atoms with Crippen molar-refractivity contribution < 1.29 is 15.6 Å². The summed E-state index contributed by atoms with van der Waals surface area (Å²) in [5.74, 6) is -1.13. The molecule has 2 aromatic rings. The molecule has 2 bridgehead atoms. The average Bonchev–Trinajstić information content (AvgIpc) is 2.47. The quantitative estimate of drug-likeness (QED) is 0.811. The Morgan fingerprint density at radius 2 is 1.45 bits per heavy atom. The van der Waals surface area contributed by atoms with Crippen molar-refractivity contribution in [1.82, 2.24) is 0 Å². The van der Waals surface area contributed by atoms with Crippen LogP contribution in [-0.2, 0) is 4.79 Å². The van der Waals surface area contributed by atoms with Gasteiger partial charge in [-0.15, -0.1) is 0 Å². The Hall–Kier alpha value is -2.13. The Balaban J connectivity index is 2.05. The molecule has 0 spiro atoms. The molecule has 3 nitrogen and oxygen atoms in total. The second-order valence-electron chi connectivity index (χ2n) is 5.89. The van der Waals surface area contributed by atoms with Gasteiger partial charge in [0.25, 0.3) is 0 Å². The fraction of sp³-hybridized carbons (Fsp3) is 0.235. The third-order valence-corrected chi connectivity index (χ3v) is 4.89. The second kappa shape index (κ2) is 3.70. The monoisotopic (exact) mass is 265 g/mol. The predicted octanol–water partition coefficient (Wildman–Crippen LogP) is 0.398. The van der Waals surface area contributed by atoms with E-state index in [1.54, 1.807) is 0 Å². The van der Waals surface area contributed by atoms with Gasteiger partial charge in [-0.2, -0.15) is 0 Å². The number of carbonyl (C=O) groups is 1. The standard InChI is InChI=1S/C17H15NO2/c18-17(16(19)20)9-14-10-5-1-3-7-12(10)15(17)13-8-4-2-6-11(13)14/h1-8,14-15H,9,18H2,(H,19,20). The van der Waals surface area contributed by atoms with Crippen molar-refractivity contribution >= 4 is 5.97 Å². The van der Waals surface area contributed by atoms with Crippen LogP contribution in [0, 0.1) is 0 Å². The Morgan fingerprint density at radius 1 is 1.00 bits per heavy atom. The average molecular weight is 265 g/mol. The van der Waals surface area contributed by atoms with Crippen molar-refractivity contribution in [3.8, 4) is 0 Å². The summed E-state index contributed by atoms with van der Waals surface area (Å²) in [6, 6.07) is 16.3. The molecule has 3 aliphatic rings. The van der Waals surface area contributed by atoms with E-state index < -0.39 is 11.5 Å². The molecule has 0 fully saturated rings. The molecule has 5 rings (SSSR count). The number of hydrogen-bond donors (Lipinski definition) is 1.